The van der Waals surface area contributed by atoms with Gasteiger partial charge in [0.2, 0.25) is 5.91 Å². The SMILES string of the molecule is NCC1CC(=O)N(c2nc(-c3ccccc3O)cs2)C1. The number of aromatic hydroxyl groups is 1. The van der Waals surface area contributed by atoms with Crippen LogP contribution in [0.2, 0.25) is 0 Å². The maximum absolute atomic E-state index is 11.9. The summed E-state index contributed by atoms with van der Waals surface area (Å²) in [5.41, 5.74) is 6.99. The van der Waals surface area contributed by atoms with Crippen LogP contribution in [0, 0.1) is 5.92 Å². The number of nitrogens with two attached hydrogens (primary N) is 1. The molecule has 1 atom stereocenters. The Morgan fingerprint density at radius 2 is 2.25 bits per heavy atom. The summed E-state index contributed by atoms with van der Waals surface area (Å²) in [6.45, 7) is 1.14. The van der Waals surface area contributed by atoms with E-state index in [9.17, 15) is 9.90 Å². The summed E-state index contributed by atoms with van der Waals surface area (Å²) in [6.07, 6.45) is 0.488. The Morgan fingerprint density at radius 1 is 1.45 bits per heavy atom. The van der Waals surface area contributed by atoms with E-state index in [4.69, 9.17) is 5.73 Å². The maximum Gasteiger partial charge on any atom is 0.229 e. The number of nitrogens with zero attached hydrogens (tertiary/aromatic N) is 2. The molecule has 1 aromatic carbocycles. The van der Waals surface area contributed by atoms with E-state index in [1.54, 1.807) is 17.0 Å². The van der Waals surface area contributed by atoms with E-state index < -0.39 is 0 Å². The van der Waals surface area contributed by atoms with Crippen LogP contribution < -0.4 is 10.6 Å². The number of benzene rings is 1. The Bertz CT molecular complexity index is 641. The lowest BCUT2D eigenvalue weighted by Crippen LogP contribution is -2.25. The molecule has 3 N–H and O–H groups in total. The number of para-hydroxylation sites is 1. The topological polar surface area (TPSA) is 79.5 Å². The van der Waals surface area contributed by atoms with Gasteiger partial charge in [0.05, 0.1) is 5.69 Å². The van der Waals surface area contributed by atoms with Crippen molar-refractivity contribution in [3.63, 3.8) is 0 Å². The van der Waals surface area contributed by atoms with Gasteiger partial charge in [-0.2, -0.15) is 0 Å². The number of carbonyl (C=O) groups excluding carboxylic acids is 1. The van der Waals surface area contributed by atoms with Gasteiger partial charge in [0.25, 0.3) is 0 Å². The highest BCUT2D eigenvalue weighted by molar-refractivity contribution is 7.14. The van der Waals surface area contributed by atoms with Gasteiger partial charge in [-0.3, -0.25) is 9.69 Å². The number of thiazole rings is 1. The van der Waals surface area contributed by atoms with E-state index >= 15 is 0 Å². The molecule has 0 spiro atoms. The maximum atomic E-state index is 11.9. The second-order valence-electron chi connectivity index (χ2n) is 4.84. The number of carbonyl (C=O) groups is 1. The number of amides is 1. The van der Waals surface area contributed by atoms with Gasteiger partial charge in [0, 0.05) is 23.9 Å². The number of phenols is 1. The highest BCUT2D eigenvalue weighted by Gasteiger charge is 2.31. The van der Waals surface area contributed by atoms with Crippen molar-refractivity contribution in [3.8, 4) is 17.0 Å². The Morgan fingerprint density at radius 3 is 2.95 bits per heavy atom. The van der Waals surface area contributed by atoms with Gasteiger partial charge in [-0.25, -0.2) is 4.98 Å². The lowest BCUT2D eigenvalue weighted by molar-refractivity contribution is -0.117. The fourth-order valence-corrected chi connectivity index (χ4v) is 3.18. The second-order valence-corrected chi connectivity index (χ2v) is 5.68. The van der Waals surface area contributed by atoms with E-state index in [0.717, 1.165) is 0 Å². The average molecular weight is 289 g/mol. The minimum absolute atomic E-state index is 0.0682. The molecule has 1 aliphatic heterocycles. The van der Waals surface area contributed by atoms with Gasteiger partial charge < -0.3 is 10.8 Å². The summed E-state index contributed by atoms with van der Waals surface area (Å²) < 4.78 is 0. The molecule has 6 heteroatoms. The third-order valence-electron chi connectivity index (χ3n) is 3.44. The van der Waals surface area contributed by atoms with Crippen molar-refractivity contribution >= 4 is 22.4 Å². The van der Waals surface area contributed by atoms with Crippen LogP contribution in [0.3, 0.4) is 0 Å². The Labute approximate surface area is 120 Å². The van der Waals surface area contributed by atoms with Gasteiger partial charge in [-0.15, -0.1) is 11.3 Å². The zero-order valence-electron chi connectivity index (χ0n) is 10.8. The molecule has 1 unspecified atom stereocenters. The predicted molar refractivity (Wildman–Crippen MR) is 78.7 cm³/mol. The van der Waals surface area contributed by atoms with Gasteiger partial charge in [-0.05, 0) is 24.6 Å². The molecule has 2 aromatic rings. The fraction of sp³-hybridized carbons (Fsp3) is 0.286. The Balaban J connectivity index is 1.88. The van der Waals surface area contributed by atoms with Crippen molar-refractivity contribution < 1.29 is 9.90 Å². The molecule has 1 aliphatic rings. The van der Waals surface area contributed by atoms with Crippen molar-refractivity contribution in [2.75, 3.05) is 18.0 Å². The van der Waals surface area contributed by atoms with Crippen LogP contribution in [0.4, 0.5) is 5.13 Å². The summed E-state index contributed by atoms with van der Waals surface area (Å²) >= 11 is 1.41. The predicted octanol–water partition coefficient (Wildman–Crippen LogP) is 1.83. The summed E-state index contributed by atoms with van der Waals surface area (Å²) in [7, 11) is 0. The highest BCUT2D eigenvalue weighted by atomic mass is 32.1. The zero-order valence-corrected chi connectivity index (χ0v) is 11.6. The molecule has 1 fully saturated rings. The van der Waals surface area contributed by atoms with Crippen LogP contribution in [0.25, 0.3) is 11.3 Å². The van der Waals surface area contributed by atoms with E-state index in [1.165, 1.54) is 11.3 Å². The van der Waals surface area contributed by atoms with Gasteiger partial charge in [0.15, 0.2) is 5.13 Å². The van der Waals surface area contributed by atoms with Crippen molar-refractivity contribution in [2.24, 2.45) is 11.7 Å². The number of hydrogen-bond acceptors (Lipinski definition) is 5. The highest BCUT2D eigenvalue weighted by Crippen LogP contribution is 2.34. The average Bonchev–Trinajstić information content (AvgIpc) is 3.05. The number of rotatable bonds is 3. The van der Waals surface area contributed by atoms with E-state index in [-0.39, 0.29) is 17.6 Å². The summed E-state index contributed by atoms with van der Waals surface area (Å²) in [6, 6.07) is 7.05. The zero-order chi connectivity index (χ0) is 14.1. The molecule has 5 nitrogen and oxygen atoms in total. The Hall–Kier alpha value is -1.92. The first kappa shape index (κ1) is 13.1. The molecule has 0 bridgehead atoms. The summed E-state index contributed by atoms with van der Waals surface area (Å²) in [5, 5.41) is 12.4. The molecule has 3 rings (SSSR count). The monoisotopic (exact) mass is 289 g/mol. The largest absolute Gasteiger partial charge is 0.507 e. The molecule has 0 aliphatic carbocycles. The number of anilines is 1. The van der Waals surface area contributed by atoms with Crippen molar-refractivity contribution in [1.29, 1.82) is 0 Å². The number of aromatic nitrogens is 1. The van der Waals surface area contributed by atoms with Gasteiger partial charge >= 0.3 is 0 Å². The molecule has 1 saturated heterocycles. The van der Waals surface area contributed by atoms with Crippen molar-refractivity contribution in [1.82, 2.24) is 4.98 Å². The first-order chi connectivity index (χ1) is 9.69. The first-order valence-electron chi connectivity index (χ1n) is 6.43. The molecule has 104 valence electrons. The Kier molecular flexibility index (Phi) is 3.42. The third-order valence-corrected chi connectivity index (χ3v) is 4.31. The molecule has 2 heterocycles. The number of phenolic OH excluding ortho intramolecular Hbond substituents is 1. The minimum atomic E-state index is 0.0682. The molecular formula is C14H15N3O2S. The van der Waals surface area contributed by atoms with Crippen LogP contribution in [-0.2, 0) is 4.79 Å². The fourth-order valence-electron chi connectivity index (χ4n) is 2.33. The van der Waals surface area contributed by atoms with Crippen LogP contribution in [-0.4, -0.2) is 29.1 Å². The second kappa shape index (κ2) is 5.22. The minimum Gasteiger partial charge on any atom is -0.507 e. The molecular weight excluding hydrogens is 274 g/mol. The van der Waals surface area contributed by atoms with Crippen molar-refractivity contribution in [2.45, 2.75) is 6.42 Å². The molecule has 1 aromatic heterocycles. The summed E-state index contributed by atoms with van der Waals surface area (Å²) in [4.78, 5) is 18.1. The van der Waals surface area contributed by atoms with Crippen LogP contribution >= 0.6 is 11.3 Å². The normalized spacial score (nSPS) is 18.8. The van der Waals surface area contributed by atoms with E-state index in [0.29, 0.717) is 35.9 Å². The lowest BCUT2D eigenvalue weighted by Gasteiger charge is -2.12. The standard InChI is InChI=1S/C14H15N3O2S/c15-6-9-5-13(19)17(7-9)14-16-11(8-20-14)10-3-1-2-4-12(10)18/h1-4,8-9,18H,5-7,15H2. The number of hydrogen-bond donors (Lipinski definition) is 2. The smallest absolute Gasteiger partial charge is 0.229 e. The van der Waals surface area contributed by atoms with Crippen molar-refractivity contribution in [3.05, 3.63) is 29.6 Å². The quantitative estimate of drug-likeness (QED) is 0.903. The van der Waals surface area contributed by atoms with Crippen LogP contribution in [0.15, 0.2) is 29.6 Å². The van der Waals surface area contributed by atoms with E-state index in [1.807, 2.05) is 17.5 Å². The first-order valence-corrected chi connectivity index (χ1v) is 7.31. The van der Waals surface area contributed by atoms with E-state index in [2.05, 4.69) is 4.98 Å². The molecule has 0 saturated carbocycles. The van der Waals surface area contributed by atoms with Gasteiger partial charge in [0.1, 0.15) is 5.75 Å². The molecule has 0 radical (unpaired) electrons. The lowest BCUT2D eigenvalue weighted by atomic mass is 10.1. The summed E-state index contributed by atoms with van der Waals surface area (Å²) in [5.74, 6) is 0.468. The van der Waals surface area contributed by atoms with Gasteiger partial charge in [-0.1, -0.05) is 12.1 Å². The third kappa shape index (κ3) is 2.28. The molecule has 1 amide bonds. The van der Waals surface area contributed by atoms with Crippen LogP contribution in [0.1, 0.15) is 6.42 Å². The molecule has 20 heavy (non-hydrogen) atoms. The van der Waals surface area contributed by atoms with Crippen LogP contribution in [0.5, 0.6) is 5.75 Å².